The number of carbonyl (C=O) groups is 2. The fraction of sp³-hybridized carbons (Fsp3) is 0.333. The van der Waals surface area contributed by atoms with Crippen LogP contribution in [-0.4, -0.2) is 50.9 Å². The van der Waals surface area contributed by atoms with Gasteiger partial charge in [0.2, 0.25) is 11.8 Å². The number of hydrogen-bond acceptors (Lipinski definition) is 5. The summed E-state index contributed by atoms with van der Waals surface area (Å²) < 4.78 is 47.9. The van der Waals surface area contributed by atoms with Crippen molar-refractivity contribution in [3.63, 3.8) is 0 Å². The number of ether oxygens (including phenoxy) is 1. The SMILES string of the molecule is CCNC(=O)C(CC)N(Cc1ccc(F)cc1)C(=O)CN(c1ccc(OCC)cc1)S(=O)(=O)c1ccc(C)cc1. The second-order valence-electron chi connectivity index (χ2n) is 9.22. The molecule has 0 bridgehead atoms. The molecular formula is C30H36FN3O5S. The average Bonchev–Trinajstić information content (AvgIpc) is 2.93. The third kappa shape index (κ3) is 7.59. The van der Waals surface area contributed by atoms with E-state index >= 15 is 0 Å². The van der Waals surface area contributed by atoms with Crippen molar-refractivity contribution in [2.24, 2.45) is 0 Å². The van der Waals surface area contributed by atoms with E-state index in [4.69, 9.17) is 4.74 Å². The van der Waals surface area contributed by atoms with Crippen molar-refractivity contribution in [1.82, 2.24) is 10.2 Å². The predicted octanol–water partition coefficient (Wildman–Crippen LogP) is 4.67. The summed E-state index contributed by atoms with van der Waals surface area (Å²) in [6, 6.07) is 17.6. The molecule has 8 nitrogen and oxygen atoms in total. The average molecular weight is 570 g/mol. The van der Waals surface area contributed by atoms with Gasteiger partial charge in [0.25, 0.3) is 10.0 Å². The standard InChI is InChI=1S/C30H36FN3O5S/c1-5-28(30(36)32-6-2)33(20-23-10-12-24(31)13-11-23)29(35)21-34(25-14-16-26(17-15-25)39-7-3)40(37,38)27-18-8-22(4)9-19-27/h8-19,28H,5-7,20-21H2,1-4H3,(H,32,36). The molecule has 0 fully saturated rings. The first-order chi connectivity index (χ1) is 19.1. The van der Waals surface area contributed by atoms with E-state index in [-0.39, 0.29) is 23.0 Å². The van der Waals surface area contributed by atoms with E-state index in [1.807, 2.05) is 13.8 Å². The predicted molar refractivity (Wildman–Crippen MR) is 153 cm³/mol. The normalized spacial score (nSPS) is 11.9. The minimum absolute atomic E-state index is 0.00352. The molecule has 0 heterocycles. The van der Waals surface area contributed by atoms with Gasteiger partial charge in [-0.15, -0.1) is 0 Å². The molecule has 1 N–H and O–H groups in total. The van der Waals surface area contributed by atoms with Crippen LogP contribution >= 0.6 is 0 Å². The molecular weight excluding hydrogens is 533 g/mol. The Labute approximate surface area is 235 Å². The van der Waals surface area contributed by atoms with Crippen LogP contribution < -0.4 is 14.4 Å². The largest absolute Gasteiger partial charge is 0.494 e. The number of anilines is 1. The molecule has 1 atom stereocenters. The molecule has 214 valence electrons. The van der Waals surface area contributed by atoms with Crippen molar-refractivity contribution in [2.75, 3.05) is 24.0 Å². The summed E-state index contributed by atoms with van der Waals surface area (Å²) in [7, 11) is -4.17. The van der Waals surface area contributed by atoms with E-state index in [2.05, 4.69) is 5.32 Å². The van der Waals surface area contributed by atoms with Crippen molar-refractivity contribution < 1.29 is 27.1 Å². The van der Waals surface area contributed by atoms with Crippen LogP contribution in [-0.2, 0) is 26.2 Å². The highest BCUT2D eigenvalue weighted by molar-refractivity contribution is 7.92. The number of carbonyl (C=O) groups excluding carboxylic acids is 2. The Bertz CT molecular complexity index is 1380. The van der Waals surface area contributed by atoms with Crippen LogP contribution in [0.5, 0.6) is 5.75 Å². The summed E-state index contributed by atoms with van der Waals surface area (Å²) in [6.45, 7) is 7.50. The lowest BCUT2D eigenvalue weighted by atomic mass is 10.1. The lowest BCUT2D eigenvalue weighted by Gasteiger charge is -2.33. The fourth-order valence-electron chi connectivity index (χ4n) is 4.24. The summed E-state index contributed by atoms with van der Waals surface area (Å²) in [6.07, 6.45) is 0.298. The van der Waals surface area contributed by atoms with Crippen LogP contribution in [0, 0.1) is 12.7 Å². The zero-order valence-electron chi connectivity index (χ0n) is 23.3. The Morgan fingerprint density at radius 2 is 1.55 bits per heavy atom. The monoisotopic (exact) mass is 569 g/mol. The number of nitrogens with one attached hydrogen (secondary N) is 1. The highest BCUT2D eigenvalue weighted by Crippen LogP contribution is 2.27. The summed E-state index contributed by atoms with van der Waals surface area (Å²) >= 11 is 0. The number of aryl methyl sites for hydroxylation is 1. The van der Waals surface area contributed by atoms with Crippen molar-refractivity contribution in [3.8, 4) is 5.75 Å². The number of amides is 2. The molecule has 0 saturated heterocycles. The van der Waals surface area contributed by atoms with Crippen LogP contribution in [0.15, 0.2) is 77.7 Å². The van der Waals surface area contributed by atoms with Gasteiger partial charge in [-0.3, -0.25) is 13.9 Å². The van der Waals surface area contributed by atoms with E-state index in [0.29, 0.717) is 30.9 Å². The van der Waals surface area contributed by atoms with Crippen LogP contribution in [0.25, 0.3) is 0 Å². The summed E-state index contributed by atoms with van der Waals surface area (Å²) in [5, 5.41) is 2.75. The lowest BCUT2D eigenvalue weighted by molar-refractivity contribution is -0.140. The van der Waals surface area contributed by atoms with Gasteiger partial charge in [0.1, 0.15) is 24.2 Å². The molecule has 0 aliphatic heterocycles. The number of rotatable bonds is 13. The van der Waals surface area contributed by atoms with Gasteiger partial charge in [-0.25, -0.2) is 12.8 Å². The molecule has 0 aromatic heterocycles. The summed E-state index contributed by atoms with van der Waals surface area (Å²) in [5.74, 6) is -0.796. The van der Waals surface area contributed by atoms with Crippen LogP contribution in [0.1, 0.15) is 38.3 Å². The van der Waals surface area contributed by atoms with Crippen LogP contribution in [0.3, 0.4) is 0 Å². The van der Waals surface area contributed by atoms with Crippen molar-refractivity contribution in [3.05, 3.63) is 89.7 Å². The molecule has 0 radical (unpaired) electrons. The number of halogens is 1. The topological polar surface area (TPSA) is 96.0 Å². The molecule has 2 amide bonds. The molecule has 10 heteroatoms. The van der Waals surface area contributed by atoms with Gasteiger partial charge in [0, 0.05) is 13.1 Å². The second kappa shape index (κ2) is 13.9. The minimum atomic E-state index is -4.17. The zero-order valence-corrected chi connectivity index (χ0v) is 24.1. The van der Waals surface area contributed by atoms with E-state index in [1.54, 1.807) is 50.2 Å². The molecule has 1 unspecified atom stereocenters. The molecule has 0 saturated carbocycles. The Morgan fingerprint density at radius 1 is 0.925 bits per heavy atom. The Hall–Kier alpha value is -3.92. The third-order valence-corrected chi connectivity index (χ3v) is 8.11. The molecule has 40 heavy (non-hydrogen) atoms. The number of nitrogens with zero attached hydrogens (tertiary/aromatic N) is 2. The molecule has 3 aromatic rings. The first-order valence-corrected chi connectivity index (χ1v) is 14.7. The number of sulfonamides is 1. The number of hydrogen-bond donors (Lipinski definition) is 1. The van der Waals surface area contributed by atoms with Gasteiger partial charge < -0.3 is 15.0 Å². The maximum atomic E-state index is 13.9. The van der Waals surface area contributed by atoms with Crippen molar-refractivity contribution in [1.29, 1.82) is 0 Å². The summed E-state index contributed by atoms with van der Waals surface area (Å²) in [4.78, 5) is 28.3. The molecule has 0 aliphatic carbocycles. The lowest BCUT2D eigenvalue weighted by Crippen LogP contribution is -2.52. The Balaban J connectivity index is 2.05. The van der Waals surface area contributed by atoms with E-state index < -0.39 is 34.3 Å². The molecule has 3 rings (SSSR count). The molecule has 0 spiro atoms. The van der Waals surface area contributed by atoms with E-state index in [9.17, 15) is 22.4 Å². The highest BCUT2D eigenvalue weighted by atomic mass is 32.2. The number of benzene rings is 3. The maximum absolute atomic E-state index is 13.9. The van der Waals surface area contributed by atoms with Gasteiger partial charge in [-0.05, 0) is 81.3 Å². The van der Waals surface area contributed by atoms with Crippen LogP contribution in [0.2, 0.25) is 0 Å². The summed E-state index contributed by atoms with van der Waals surface area (Å²) in [5.41, 5.74) is 1.76. The van der Waals surface area contributed by atoms with Crippen LogP contribution in [0.4, 0.5) is 10.1 Å². The van der Waals surface area contributed by atoms with Crippen molar-refractivity contribution >= 4 is 27.5 Å². The second-order valence-corrected chi connectivity index (χ2v) is 11.1. The quantitative estimate of drug-likeness (QED) is 0.323. The fourth-order valence-corrected chi connectivity index (χ4v) is 5.65. The number of likely N-dealkylation sites (N-methyl/N-ethyl adjacent to an activating group) is 1. The van der Waals surface area contributed by atoms with Crippen molar-refractivity contribution in [2.45, 2.75) is 51.6 Å². The maximum Gasteiger partial charge on any atom is 0.264 e. The van der Waals surface area contributed by atoms with Gasteiger partial charge in [0.15, 0.2) is 0 Å². The first kappa shape index (κ1) is 30.6. The Kier molecular flexibility index (Phi) is 10.7. The zero-order chi connectivity index (χ0) is 29.3. The Morgan fingerprint density at radius 3 is 2.10 bits per heavy atom. The smallest absolute Gasteiger partial charge is 0.264 e. The first-order valence-electron chi connectivity index (χ1n) is 13.2. The van der Waals surface area contributed by atoms with Gasteiger partial charge in [-0.2, -0.15) is 0 Å². The minimum Gasteiger partial charge on any atom is -0.494 e. The molecule has 3 aromatic carbocycles. The third-order valence-electron chi connectivity index (χ3n) is 6.33. The highest BCUT2D eigenvalue weighted by Gasteiger charge is 2.33. The van der Waals surface area contributed by atoms with E-state index in [0.717, 1.165) is 9.87 Å². The van der Waals surface area contributed by atoms with E-state index in [1.165, 1.54) is 41.3 Å². The molecule has 0 aliphatic rings. The van der Waals surface area contributed by atoms with Gasteiger partial charge in [-0.1, -0.05) is 36.8 Å². The van der Waals surface area contributed by atoms with Gasteiger partial charge >= 0.3 is 0 Å². The van der Waals surface area contributed by atoms with Gasteiger partial charge in [0.05, 0.1) is 17.2 Å².